The molecule has 0 aliphatic carbocycles. The molecule has 0 unspecified atom stereocenters. The van der Waals surface area contributed by atoms with Crippen molar-refractivity contribution >= 4 is 28.9 Å². The normalized spacial score (nSPS) is 10.0. The number of carbonyl (C=O) groups is 1. The zero-order chi connectivity index (χ0) is 15.5. The van der Waals surface area contributed by atoms with Crippen molar-refractivity contribution in [2.45, 2.75) is 46.0 Å². The van der Waals surface area contributed by atoms with Gasteiger partial charge in [0.25, 0.3) is 0 Å². The van der Waals surface area contributed by atoms with Gasteiger partial charge in [0.1, 0.15) is 5.75 Å². The van der Waals surface area contributed by atoms with E-state index in [1.54, 1.807) is 0 Å². The van der Waals surface area contributed by atoms with Gasteiger partial charge >= 0.3 is 0 Å². The molecule has 0 fully saturated rings. The highest BCUT2D eigenvalue weighted by Crippen LogP contribution is 2.15. The molecule has 0 spiro atoms. The zero-order valence-corrected chi connectivity index (χ0v) is 13.6. The van der Waals surface area contributed by atoms with Gasteiger partial charge in [-0.05, 0) is 49.3 Å². The Morgan fingerprint density at radius 2 is 1.86 bits per heavy atom. The Balaban J connectivity index is 2.35. The molecule has 1 rings (SSSR count). The summed E-state index contributed by atoms with van der Waals surface area (Å²) in [6.45, 7) is 4.88. The van der Waals surface area contributed by atoms with Crippen molar-refractivity contribution in [1.82, 2.24) is 5.32 Å². The van der Waals surface area contributed by atoms with Crippen molar-refractivity contribution in [3.63, 3.8) is 0 Å². The van der Waals surface area contributed by atoms with Gasteiger partial charge in [0.15, 0.2) is 5.11 Å². The Morgan fingerprint density at radius 3 is 2.48 bits per heavy atom. The summed E-state index contributed by atoms with van der Waals surface area (Å²) in [6.07, 6.45) is 4.55. The molecule has 0 aliphatic rings. The van der Waals surface area contributed by atoms with Crippen LogP contribution in [0.5, 0.6) is 5.75 Å². The van der Waals surface area contributed by atoms with Gasteiger partial charge in [0.05, 0.1) is 6.61 Å². The summed E-state index contributed by atoms with van der Waals surface area (Å²) in [5.41, 5.74) is 0.831. The van der Waals surface area contributed by atoms with Crippen LogP contribution in [0.1, 0.15) is 46.0 Å². The molecule has 0 aliphatic heterocycles. The highest BCUT2D eigenvalue weighted by Gasteiger charge is 2.04. The van der Waals surface area contributed by atoms with Gasteiger partial charge in [0.2, 0.25) is 5.91 Å². The quantitative estimate of drug-likeness (QED) is 0.565. The Bertz CT molecular complexity index is 446. The van der Waals surface area contributed by atoms with Crippen LogP contribution >= 0.6 is 12.2 Å². The number of carbonyl (C=O) groups excluding carboxylic acids is 1. The topological polar surface area (TPSA) is 50.4 Å². The van der Waals surface area contributed by atoms with Gasteiger partial charge in [-0.3, -0.25) is 4.79 Å². The molecule has 1 amide bonds. The van der Waals surface area contributed by atoms with Crippen molar-refractivity contribution in [2.24, 2.45) is 0 Å². The van der Waals surface area contributed by atoms with Gasteiger partial charge in [0, 0.05) is 12.1 Å². The summed E-state index contributed by atoms with van der Waals surface area (Å²) in [5.74, 6) is 0.792. The van der Waals surface area contributed by atoms with Crippen LogP contribution in [0.25, 0.3) is 0 Å². The van der Waals surface area contributed by atoms with Crippen molar-refractivity contribution in [3.8, 4) is 5.75 Å². The minimum Gasteiger partial charge on any atom is -0.494 e. The summed E-state index contributed by atoms with van der Waals surface area (Å²) in [7, 11) is 0. The first-order valence-electron chi connectivity index (χ1n) is 7.49. The predicted molar refractivity (Wildman–Crippen MR) is 90.7 cm³/mol. The van der Waals surface area contributed by atoms with Gasteiger partial charge in [-0.25, -0.2) is 0 Å². The minimum absolute atomic E-state index is 0.0381. The van der Waals surface area contributed by atoms with Crippen molar-refractivity contribution < 1.29 is 9.53 Å². The monoisotopic (exact) mass is 308 g/mol. The summed E-state index contributed by atoms with van der Waals surface area (Å²) in [6, 6.07) is 7.51. The van der Waals surface area contributed by atoms with E-state index in [1.165, 1.54) is 0 Å². The Hall–Kier alpha value is -1.62. The van der Waals surface area contributed by atoms with E-state index in [9.17, 15) is 4.79 Å². The van der Waals surface area contributed by atoms with Crippen LogP contribution in [0.15, 0.2) is 24.3 Å². The lowest BCUT2D eigenvalue weighted by Crippen LogP contribution is -2.33. The molecule has 0 saturated carbocycles. The maximum Gasteiger partial charge on any atom is 0.226 e. The van der Waals surface area contributed by atoms with E-state index in [-0.39, 0.29) is 5.91 Å². The zero-order valence-electron chi connectivity index (χ0n) is 12.8. The SMILES string of the molecule is CCCCCC(=O)NC(=S)Nc1ccc(OCCC)cc1. The Labute approximate surface area is 132 Å². The predicted octanol–water partition coefficient (Wildman–Crippen LogP) is 3.87. The number of anilines is 1. The fraction of sp³-hybridized carbons (Fsp3) is 0.500. The fourth-order valence-electron chi connectivity index (χ4n) is 1.74. The highest BCUT2D eigenvalue weighted by molar-refractivity contribution is 7.80. The number of rotatable bonds is 8. The molecule has 1 aromatic rings. The summed E-state index contributed by atoms with van der Waals surface area (Å²) in [4.78, 5) is 11.6. The van der Waals surface area contributed by atoms with Crippen molar-refractivity contribution in [1.29, 1.82) is 0 Å². The van der Waals surface area contributed by atoms with E-state index in [2.05, 4.69) is 24.5 Å². The fourth-order valence-corrected chi connectivity index (χ4v) is 1.97. The van der Waals surface area contributed by atoms with E-state index < -0.39 is 0 Å². The van der Waals surface area contributed by atoms with Crippen LogP contribution in [-0.2, 0) is 4.79 Å². The van der Waals surface area contributed by atoms with E-state index in [1.807, 2.05) is 24.3 Å². The second-order valence-electron chi connectivity index (χ2n) is 4.83. The van der Waals surface area contributed by atoms with Crippen LogP contribution in [0.2, 0.25) is 0 Å². The molecular weight excluding hydrogens is 284 g/mol. The molecular formula is C16H24N2O2S. The van der Waals surface area contributed by atoms with Crippen LogP contribution in [0, 0.1) is 0 Å². The molecule has 0 saturated heterocycles. The number of nitrogens with one attached hydrogen (secondary N) is 2. The maximum atomic E-state index is 11.6. The number of hydrogen-bond donors (Lipinski definition) is 2. The molecule has 0 atom stereocenters. The summed E-state index contributed by atoms with van der Waals surface area (Å²) >= 11 is 5.12. The molecule has 1 aromatic carbocycles. The first-order chi connectivity index (χ1) is 10.2. The number of benzene rings is 1. The molecule has 116 valence electrons. The smallest absolute Gasteiger partial charge is 0.226 e. The third kappa shape index (κ3) is 7.66. The van der Waals surface area contributed by atoms with E-state index in [0.29, 0.717) is 18.1 Å². The molecule has 0 radical (unpaired) electrons. The molecule has 21 heavy (non-hydrogen) atoms. The minimum atomic E-state index is -0.0381. The first-order valence-corrected chi connectivity index (χ1v) is 7.90. The second-order valence-corrected chi connectivity index (χ2v) is 5.24. The number of ether oxygens (including phenoxy) is 1. The van der Waals surface area contributed by atoms with Crippen molar-refractivity contribution in [2.75, 3.05) is 11.9 Å². The van der Waals surface area contributed by atoms with Crippen LogP contribution in [-0.4, -0.2) is 17.6 Å². The van der Waals surface area contributed by atoms with Crippen LogP contribution in [0.3, 0.4) is 0 Å². The maximum absolute atomic E-state index is 11.6. The molecule has 0 aromatic heterocycles. The van der Waals surface area contributed by atoms with Gasteiger partial charge in [-0.2, -0.15) is 0 Å². The van der Waals surface area contributed by atoms with Crippen LogP contribution in [0.4, 0.5) is 5.69 Å². The highest BCUT2D eigenvalue weighted by atomic mass is 32.1. The molecule has 0 bridgehead atoms. The number of amides is 1. The van der Waals surface area contributed by atoms with Crippen molar-refractivity contribution in [3.05, 3.63) is 24.3 Å². The third-order valence-electron chi connectivity index (χ3n) is 2.85. The first kappa shape index (κ1) is 17.4. The van der Waals surface area contributed by atoms with E-state index >= 15 is 0 Å². The van der Waals surface area contributed by atoms with Crippen LogP contribution < -0.4 is 15.4 Å². The summed E-state index contributed by atoms with van der Waals surface area (Å²) < 4.78 is 5.50. The lowest BCUT2D eigenvalue weighted by Gasteiger charge is -2.10. The molecule has 0 heterocycles. The third-order valence-corrected chi connectivity index (χ3v) is 3.05. The Kier molecular flexibility index (Phi) is 8.43. The van der Waals surface area contributed by atoms with Gasteiger partial charge in [-0.15, -0.1) is 0 Å². The average Bonchev–Trinajstić information content (AvgIpc) is 2.46. The molecule has 2 N–H and O–H groups in total. The van der Waals surface area contributed by atoms with Gasteiger partial charge in [-0.1, -0.05) is 26.7 Å². The lowest BCUT2D eigenvalue weighted by atomic mass is 10.2. The largest absolute Gasteiger partial charge is 0.494 e. The van der Waals surface area contributed by atoms with E-state index in [4.69, 9.17) is 17.0 Å². The number of thiocarbonyl (C=S) groups is 1. The second kappa shape index (κ2) is 10.2. The lowest BCUT2D eigenvalue weighted by molar-refractivity contribution is -0.119. The van der Waals surface area contributed by atoms with Gasteiger partial charge < -0.3 is 15.4 Å². The number of hydrogen-bond acceptors (Lipinski definition) is 3. The molecule has 5 heteroatoms. The van der Waals surface area contributed by atoms with E-state index in [0.717, 1.165) is 37.1 Å². The molecule has 4 nitrogen and oxygen atoms in total. The standard InChI is InChI=1S/C16H24N2O2S/c1-3-5-6-7-15(19)18-16(21)17-13-8-10-14(11-9-13)20-12-4-2/h8-11H,3-7,12H2,1-2H3,(H2,17,18,19,21). The number of unbranched alkanes of at least 4 members (excludes halogenated alkanes) is 2. The summed E-state index contributed by atoms with van der Waals surface area (Å²) in [5, 5.41) is 6.01. The Morgan fingerprint density at radius 1 is 1.14 bits per heavy atom. The average molecular weight is 308 g/mol.